The minimum absolute atomic E-state index is 0.0863. The zero-order chi connectivity index (χ0) is 16.1. The second-order valence-electron chi connectivity index (χ2n) is 6.98. The van der Waals surface area contributed by atoms with E-state index in [4.69, 9.17) is 10.5 Å². The molecule has 2 saturated carbocycles. The van der Waals surface area contributed by atoms with E-state index in [2.05, 4.69) is 17.4 Å². The van der Waals surface area contributed by atoms with Gasteiger partial charge in [0, 0.05) is 19.0 Å². The second kappa shape index (κ2) is 7.82. The number of carbonyl (C=O) groups is 1. The Kier molecular flexibility index (Phi) is 5.55. The summed E-state index contributed by atoms with van der Waals surface area (Å²) in [5.74, 6) is 1.65. The summed E-state index contributed by atoms with van der Waals surface area (Å²) in [5, 5.41) is 2.95. The summed E-state index contributed by atoms with van der Waals surface area (Å²) in [6.07, 6.45) is 8.91. The van der Waals surface area contributed by atoms with Gasteiger partial charge in [-0.25, -0.2) is 0 Å². The van der Waals surface area contributed by atoms with Crippen molar-refractivity contribution in [1.29, 1.82) is 0 Å². The topological polar surface area (TPSA) is 64.3 Å². The van der Waals surface area contributed by atoms with Crippen molar-refractivity contribution in [2.75, 3.05) is 6.54 Å². The van der Waals surface area contributed by atoms with Crippen LogP contribution in [0.3, 0.4) is 0 Å². The number of ether oxygens (including phenoxy) is 1. The van der Waals surface area contributed by atoms with E-state index in [1.165, 1.54) is 25.7 Å². The molecule has 0 heterocycles. The molecule has 4 heteroatoms. The Morgan fingerprint density at radius 2 is 2.04 bits per heavy atom. The van der Waals surface area contributed by atoms with Crippen LogP contribution in [0.2, 0.25) is 0 Å². The van der Waals surface area contributed by atoms with E-state index >= 15 is 0 Å². The lowest BCUT2D eigenvalue weighted by Gasteiger charge is -2.14. The molecular formula is C19H28N2O2. The van der Waals surface area contributed by atoms with Crippen LogP contribution in [-0.4, -0.2) is 24.6 Å². The number of carbonyl (C=O) groups excluding carboxylic acids is 1. The number of benzene rings is 1. The first-order chi connectivity index (χ1) is 11.2. The van der Waals surface area contributed by atoms with Crippen molar-refractivity contribution in [3.63, 3.8) is 0 Å². The minimum Gasteiger partial charge on any atom is -0.490 e. The molecule has 2 fully saturated rings. The molecule has 3 N–H and O–H groups in total. The highest BCUT2D eigenvalue weighted by Gasteiger charge is 2.28. The SMILES string of the molecule is NC(CNC(=O)CCc1cccc(OC2CCCC2)c1)C1CC1. The van der Waals surface area contributed by atoms with Crippen molar-refractivity contribution in [2.45, 2.75) is 63.5 Å². The molecule has 3 rings (SSSR count). The molecule has 1 aromatic carbocycles. The van der Waals surface area contributed by atoms with Crippen molar-refractivity contribution in [2.24, 2.45) is 11.7 Å². The van der Waals surface area contributed by atoms with Gasteiger partial charge >= 0.3 is 0 Å². The van der Waals surface area contributed by atoms with Crippen LogP contribution >= 0.6 is 0 Å². The van der Waals surface area contributed by atoms with Crippen LogP contribution in [-0.2, 0) is 11.2 Å². The lowest BCUT2D eigenvalue weighted by molar-refractivity contribution is -0.121. The van der Waals surface area contributed by atoms with E-state index in [9.17, 15) is 4.79 Å². The average molecular weight is 316 g/mol. The van der Waals surface area contributed by atoms with Gasteiger partial charge < -0.3 is 15.8 Å². The third kappa shape index (κ3) is 5.24. The predicted octanol–water partition coefficient (Wildman–Crippen LogP) is 2.79. The van der Waals surface area contributed by atoms with Gasteiger partial charge in [0.1, 0.15) is 5.75 Å². The van der Waals surface area contributed by atoms with E-state index in [-0.39, 0.29) is 11.9 Å². The van der Waals surface area contributed by atoms with Crippen LogP contribution in [0.5, 0.6) is 5.75 Å². The number of nitrogens with two attached hydrogens (primary N) is 1. The molecule has 2 aliphatic rings. The van der Waals surface area contributed by atoms with Gasteiger partial charge in [-0.3, -0.25) is 4.79 Å². The molecule has 1 unspecified atom stereocenters. The Morgan fingerprint density at radius 3 is 2.78 bits per heavy atom. The molecule has 0 bridgehead atoms. The Bertz CT molecular complexity index is 522. The first-order valence-electron chi connectivity index (χ1n) is 8.98. The van der Waals surface area contributed by atoms with E-state index < -0.39 is 0 Å². The van der Waals surface area contributed by atoms with Crippen LogP contribution in [0, 0.1) is 5.92 Å². The summed E-state index contributed by atoms with van der Waals surface area (Å²) < 4.78 is 6.02. The van der Waals surface area contributed by atoms with Gasteiger partial charge in [0.2, 0.25) is 5.91 Å². The number of nitrogens with one attached hydrogen (secondary N) is 1. The summed E-state index contributed by atoms with van der Waals surface area (Å²) in [5.41, 5.74) is 7.16. The highest BCUT2D eigenvalue weighted by Crippen LogP contribution is 2.31. The zero-order valence-corrected chi connectivity index (χ0v) is 13.8. The summed E-state index contributed by atoms with van der Waals surface area (Å²) in [4.78, 5) is 11.9. The van der Waals surface area contributed by atoms with Crippen molar-refractivity contribution in [3.05, 3.63) is 29.8 Å². The quantitative estimate of drug-likeness (QED) is 0.775. The van der Waals surface area contributed by atoms with Crippen LogP contribution in [0.1, 0.15) is 50.5 Å². The standard InChI is InChI=1S/C19H28N2O2/c20-18(15-9-10-15)13-21-19(22)11-8-14-4-3-7-17(12-14)23-16-5-1-2-6-16/h3-4,7,12,15-16,18H,1-2,5-6,8-11,13,20H2,(H,21,22). The van der Waals surface area contributed by atoms with Crippen molar-refractivity contribution in [3.8, 4) is 5.75 Å². The maximum absolute atomic E-state index is 11.9. The Labute approximate surface area is 138 Å². The zero-order valence-electron chi connectivity index (χ0n) is 13.8. The first-order valence-corrected chi connectivity index (χ1v) is 8.98. The molecule has 1 aromatic rings. The van der Waals surface area contributed by atoms with Gasteiger partial charge in [0.05, 0.1) is 6.10 Å². The van der Waals surface area contributed by atoms with Crippen LogP contribution in [0.25, 0.3) is 0 Å². The first kappa shape index (κ1) is 16.3. The highest BCUT2D eigenvalue weighted by molar-refractivity contribution is 5.76. The third-order valence-electron chi connectivity index (χ3n) is 4.91. The van der Waals surface area contributed by atoms with Crippen LogP contribution in [0.4, 0.5) is 0 Å². The van der Waals surface area contributed by atoms with Crippen LogP contribution < -0.4 is 15.8 Å². The maximum atomic E-state index is 11.9. The monoisotopic (exact) mass is 316 g/mol. The molecule has 2 aliphatic carbocycles. The normalized spacial score (nSPS) is 19.5. The lowest BCUT2D eigenvalue weighted by atomic mass is 10.1. The van der Waals surface area contributed by atoms with Gasteiger partial charge in [-0.2, -0.15) is 0 Å². The van der Waals surface area contributed by atoms with E-state index in [0.29, 0.717) is 25.0 Å². The molecule has 4 nitrogen and oxygen atoms in total. The number of amides is 1. The highest BCUT2D eigenvalue weighted by atomic mass is 16.5. The van der Waals surface area contributed by atoms with Gasteiger partial charge in [-0.15, -0.1) is 0 Å². The van der Waals surface area contributed by atoms with E-state index in [1.807, 2.05) is 12.1 Å². The largest absolute Gasteiger partial charge is 0.490 e. The Hall–Kier alpha value is -1.55. The van der Waals surface area contributed by atoms with E-state index in [0.717, 1.165) is 30.6 Å². The fourth-order valence-corrected chi connectivity index (χ4v) is 3.24. The maximum Gasteiger partial charge on any atom is 0.220 e. The van der Waals surface area contributed by atoms with Gasteiger partial charge in [0.15, 0.2) is 0 Å². The van der Waals surface area contributed by atoms with Crippen LogP contribution in [0.15, 0.2) is 24.3 Å². The van der Waals surface area contributed by atoms with Gasteiger partial charge in [0.25, 0.3) is 0 Å². The lowest BCUT2D eigenvalue weighted by Crippen LogP contribution is -2.38. The molecule has 1 amide bonds. The molecule has 0 radical (unpaired) electrons. The fraction of sp³-hybridized carbons (Fsp3) is 0.632. The summed E-state index contributed by atoms with van der Waals surface area (Å²) >= 11 is 0. The molecular weight excluding hydrogens is 288 g/mol. The fourth-order valence-electron chi connectivity index (χ4n) is 3.24. The molecule has 126 valence electrons. The minimum atomic E-state index is 0.0863. The number of hydrogen-bond acceptors (Lipinski definition) is 3. The number of hydrogen-bond donors (Lipinski definition) is 2. The Balaban J connectivity index is 1.41. The predicted molar refractivity (Wildman–Crippen MR) is 91.4 cm³/mol. The molecule has 0 aromatic heterocycles. The molecule has 0 spiro atoms. The molecule has 0 saturated heterocycles. The third-order valence-corrected chi connectivity index (χ3v) is 4.91. The van der Waals surface area contributed by atoms with Crippen molar-refractivity contribution < 1.29 is 9.53 Å². The number of aryl methyl sites for hydroxylation is 1. The average Bonchev–Trinajstić information content (AvgIpc) is 3.29. The van der Waals surface area contributed by atoms with Crippen molar-refractivity contribution in [1.82, 2.24) is 5.32 Å². The summed E-state index contributed by atoms with van der Waals surface area (Å²) in [6.45, 7) is 0.605. The second-order valence-corrected chi connectivity index (χ2v) is 6.98. The molecule has 0 aliphatic heterocycles. The smallest absolute Gasteiger partial charge is 0.220 e. The molecule has 23 heavy (non-hydrogen) atoms. The van der Waals surface area contributed by atoms with Gasteiger partial charge in [-0.1, -0.05) is 12.1 Å². The summed E-state index contributed by atoms with van der Waals surface area (Å²) in [7, 11) is 0. The van der Waals surface area contributed by atoms with Gasteiger partial charge in [-0.05, 0) is 68.6 Å². The van der Waals surface area contributed by atoms with E-state index in [1.54, 1.807) is 0 Å². The molecule has 1 atom stereocenters. The number of rotatable bonds is 8. The summed E-state index contributed by atoms with van der Waals surface area (Å²) in [6, 6.07) is 8.28. The Morgan fingerprint density at radius 1 is 1.26 bits per heavy atom. The van der Waals surface area contributed by atoms with Crippen molar-refractivity contribution >= 4 is 5.91 Å².